The highest BCUT2D eigenvalue weighted by Crippen LogP contribution is 2.22. The van der Waals surface area contributed by atoms with Crippen LogP contribution in [0, 0.1) is 7.14 Å². The molecule has 2 atom stereocenters. The molecule has 0 radical (unpaired) electrons. The van der Waals surface area contributed by atoms with Gasteiger partial charge in [0.2, 0.25) is 0 Å². The zero-order valence-corrected chi connectivity index (χ0v) is 27.2. The number of nitrogens with zero attached hydrogens (tertiary/aromatic N) is 3. The first-order valence-electron chi connectivity index (χ1n) is 13.3. The minimum atomic E-state index is -3.47. The molecule has 0 spiro atoms. The highest BCUT2D eigenvalue weighted by atomic mass is 127. The molecule has 0 saturated carbocycles. The van der Waals surface area contributed by atoms with E-state index in [0.717, 1.165) is 34.9 Å². The van der Waals surface area contributed by atoms with Crippen LogP contribution in [0.15, 0.2) is 48.5 Å². The van der Waals surface area contributed by atoms with Gasteiger partial charge in [0.1, 0.15) is 0 Å². The normalized spacial score (nSPS) is 21.9. The summed E-state index contributed by atoms with van der Waals surface area (Å²) in [6.07, 6.45) is 6.29. The third kappa shape index (κ3) is 9.10. The minimum Gasteiger partial charge on any atom is -0.337 e. The molecule has 3 fully saturated rings. The van der Waals surface area contributed by atoms with Crippen molar-refractivity contribution in [2.45, 2.75) is 44.2 Å². The quantitative estimate of drug-likeness (QED) is 0.329. The zero-order valence-electron chi connectivity index (χ0n) is 22.1. The van der Waals surface area contributed by atoms with Crippen LogP contribution in [0.2, 0.25) is 0 Å². The molecule has 3 aliphatic rings. The first-order chi connectivity index (χ1) is 18.6. The van der Waals surface area contributed by atoms with E-state index >= 15 is 0 Å². The van der Waals surface area contributed by atoms with Gasteiger partial charge >= 0.3 is 0 Å². The minimum absolute atomic E-state index is 0.0870. The molecule has 2 amide bonds. The van der Waals surface area contributed by atoms with Gasteiger partial charge in [-0.3, -0.25) is 18.7 Å². The molecular formula is C28H35I2N3O5S. The van der Waals surface area contributed by atoms with Crippen molar-refractivity contribution in [3.63, 3.8) is 0 Å². The SMILES string of the molecule is CS(=O)(=O)O[C@@H]1CCN(C(=O)c2ccc(I)cc2)C1.O=C(c1ccc(I)cc1)N1CC[C@H](N2CCCCC2)C1. The predicted octanol–water partition coefficient (Wildman–Crippen LogP) is 4.47. The van der Waals surface area contributed by atoms with E-state index in [1.165, 1.54) is 35.9 Å². The second-order valence-corrected chi connectivity index (χ2v) is 14.4. The number of amides is 2. The van der Waals surface area contributed by atoms with E-state index in [1.807, 2.05) is 41.3 Å². The first kappa shape index (κ1) is 30.7. The Kier molecular flexibility index (Phi) is 11.1. The van der Waals surface area contributed by atoms with Gasteiger partial charge in [-0.2, -0.15) is 8.42 Å². The Morgan fingerprint density at radius 1 is 0.744 bits per heavy atom. The monoisotopic (exact) mass is 779 g/mol. The van der Waals surface area contributed by atoms with Crippen LogP contribution in [0.1, 0.15) is 52.8 Å². The predicted molar refractivity (Wildman–Crippen MR) is 168 cm³/mol. The molecule has 3 saturated heterocycles. The lowest BCUT2D eigenvalue weighted by atomic mass is 10.1. The number of hydrogen-bond acceptors (Lipinski definition) is 6. The van der Waals surface area contributed by atoms with Crippen LogP contribution in [0.3, 0.4) is 0 Å². The molecular weight excluding hydrogens is 744 g/mol. The number of carbonyl (C=O) groups excluding carboxylic acids is 2. The number of hydrogen-bond donors (Lipinski definition) is 0. The van der Waals surface area contributed by atoms with Crippen LogP contribution in [-0.4, -0.2) is 92.6 Å². The van der Waals surface area contributed by atoms with Crippen molar-refractivity contribution in [2.24, 2.45) is 0 Å². The summed E-state index contributed by atoms with van der Waals surface area (Å²) < 4.78 is 29.2. The van der Waals surface area contributed by atoms with Gasteiger partial charge in [-0.05, 0) is 132 Å². The zero-order chi connectivity index (χ0) is 28.0. The van der Waals surface area contributed by atoms with Gasteiger partial charge in [-0.1, -0.05) is 6.42 Å². The molecule has 0 bridgehead atoms. The summed E-state index contributed by atoms with van der Waals surface area (Å²) in [5.74, 6) is 0.108. The Morgan fingerprint density at radius 3 is 1.74 bits per heavy atom. The summed E-state index contributed by atoms with van der Waals surface area (Å²) in [6, 6.07) is 15.8. The molecule has 0 aliphatic carbocycles. The first-order valence-corrected chi connectivity index (χ1v) is 17.3. The van der Waals surface area contributed by atoms with Crippen LogP contribution in [0.5, 0.6) is 0 Å². The third-order valence-electron chi connectivity index (χ3n) is 7.28. The molecule has 2 aromatic rings. The number of piperidine rings is 1. The van der Waals surface area contributed by atoms with Gasteiger partial charge in [0.05, 0.1) is 12.4 Å². The smallest absolute Gasteiger partial charge is 0.264 e. The number of likely N-dealkylation sites (tertiary alicyclic amines) is 3. The molecule has 39 heavy (non-hydrogen) atoms. The highest BCUT2D eigenvalue weighted by molar-refractivity contribution is 14.1. The number of halogens is 2. The van der Waals surface area contributed by atoms with Crippen molar-refractivity contribution in [2.75, 3.05) is 45.5 Å². The molecule has 2 aromatic carbocycles. The van der Waals surface area contributed by atoms with E-state index in [1.54, 1.807) is 17.0 Å². The fourth-order valence-electron chi connectivity index (χ4n) is 5.30. The summed E-state index contributed by atoms with van der Waals surface area (Å²) in [6.45, 7) is 5.09. The fraction of sp³-hybridized carbons (Fsp3) is 0.500. The summed E-state index contributed by atoms with van der Waals surface area (Å²) in [5, 5.41) is 0. The van der Waals surface area contributed by atoms with Crippen LogP contribution >= 0.6 is 45.2 Å². The summed E-state index contributed by atoms with van der Waals surface area (Å²) in [4.78, 5) is 30.9. The molecule has 0 N–H and O–H groups in total. The molecule has 0 unspecified atom stereocenters. The van der Waals surface area contributed by atoms with Crippen molar-refractivity contribution in [1.82, 2.24) is 14.7 Å². The van der Waals surface area contributed by atoms with Gasteiger partial charge < -0.3 is 9.80 Å². The largest absolute Gasteiger partial charge is 0.337 e. The van der Waals surface area contributed by atoms with Crippen LogP contribution in [0.25, 0.3) is 0 Å². The van der Waals surface area contributed by atoms with E-state index in [0.29, 0.717) is 31.1 Å². The number of benzene rings is 2. The van der Waals surface area contributed by atoms with Crippen molar-refractivity contribution < 1.29 is 22.2 Å². The van der Waals surface area contributed by atoms with Crippen molar-refractivity contribution in [1.29, 1.82) is 0 Å². The lowest BCUT2D eigenvalue weighted by molar-refractivity contribution is 0.0766. The molecule has 8 nitrogen and oxygen atoms in total. The Morgan fingerprint density at radius 2 is 1.23 bits per heavy atom. The van der Waals surface area contributed by atoms with Crippen molar-refractivity contribution >= 4 is 67.1 Å². The second kappa shape index (κ2) is 14.1. The Bertz CT molecular complexity index is 1230. The third-order valence-corrected chi connectivity index (χ3v) is 9.34. The average Bonchev–Trinajstić information content (AvgIpc) is 3.59. The maximum atomic E-state index is 12.5. The maximum Gasteiger partial charge on any atom is 0.264 e. The topological polar surface area (TPSA) is 87.2 Å². The van der Waals surface area contributed by atoms with Crippen LogP contribution in [-0.2, 0) is 14.3 Å². The summed E-state index contributed by atoms with van der Waals surface area (Å²) >= 11 is 4.44. The standard InChI is InChI=1S/C16H21IN2O.C12H14INO4S/c17-14-6-4-13(5-7-14)16(20)19-11-8-15(12-19)18-9-2-1-3-10-18;1-19(16,17)18-11-6-7-14(8-11)12(15)9-2-4-10(13)5-3-9/h4-7,15H,1-3,8-12H2;2-5,11H,6-8H2,1H3/t15-;11-/m01/s1. The lowest BCUT2D eigenvalue weighted by Crippen LogP contribution is -2.41. The van der Waals surface area contributed by atoms with Crippen LogP contribution < -0.4 is 0 Å². The van der Waals surface area contributed by atoms with Gasteiger partial charge in [0.25, 0.3) is 21.9 Å². The Hall–Kier alpha value is -1.29. The molecule has 3 heterocycles. The molecule has 11 heteroatoms. The van der Waals surface area contributed by atoms with Gasteiger partial charge in [-0.15, -0.1) is 0 Å². The molecule has 3 aliphatic heterocycles. The number of carbonyl (C=O) groups is 2. The Balaban J connectivity index is 0.000000181. The van der Waals surface area contributed by atoms with E-state index in [4.69, 9.17) is 4.18 Å². The molecule has 212 valence electrons. The fourth-order valence-corrected chi connectivity index (χ4v) is 6.67. The van der Waals surface area contributed by atoms with Crippen LogP contribution in [0.4, 0.5) is 0 Å². The summed E-state index contributed by atoms with van der Waals surface area (Å²) in [7, 11) is -3.47. The van der Waals surface area contributed by atoms with E-state index in [9.17, 15) is 18.0 Å². The van der Waals surface area contributed by atoms with Crippen molar-refractivity contribution in [3.05, 3.63) is 66.8 Å². The highest BCUT2D eigenvalue weighted by Gasteiger charge is 2.31. The van der Waals surface area contributed by atoms with E-state index < -0.39 is 16.2 Å². The maximum absolute atomic E-state index is 12.5. The molecule has 0 aromatic heterocycles. The van der Waals surface area contributed by atoms with Gasteiger partial charge in [0, 0.05) is 50.5 Å². The van der Waals surface area contributed by atoms with Crippen molar-refractivity contribution in [3.8, 4) is 0 Å². The average molecular weight is 779 g/mol. The second-order valence-electron chi connectivity index (χ2n) is 10.3. The summed E-state index contributed by atoms with van der Waals surface area (Å²) in [5.41, 5.74) is 1.44. The Labute approximate surface area is 258 Å². The number of rotatable bonds is 5. The van der Waals surface area contributed by atoms with Gasteiger partial charge in [-0.25, -0.2) is 0 Å². The van der Waals surface area contributed by atoms with E-state index in [-0.39, 0.29) is 11.8 Å². The van der Waals surface area contributed by atoms with Gasteiger partial charge in [0.15, 0.2) is 0 Å². The molecule has 5 rings (SSSR count). The van der Waals surface area contributed by atoms with E-state index in [2.05, 4.69) is 50.1 Å². The lowest BCUT2D eigenvalue weighted by Gasteiger charge is -2.32.